The number of aliphatic hydroxyl groups is 1. The minimum Gasteiger partial charge on any atom is -0.394 e. The van der Waals surface area contributed by atoms with Crippen molar-refractivity contribution in [1.29, 1.82) is 0 Å². The SMILES string of the molecule is CC(C)(C)CC(CO)NC(=O)c1n[nH]c2ccccc2c1=O. The summed E-state index contributed by atoms with van der Waals surface area (Å²) in [5.74, 6) is -0.574. The number of aromatic nitrogens is 2. The van der Waals surface area contributed by atoms with Crippen LogP contribution in [-0.2, 0) is 0 Å². The van der Waals surface area contributed by atoms with Crippen molar-refractivity contribution in [2.75, 3.05) is 6.61 Å². The number of aliphatic hydroxyl groups excluding tert-OH is 1. The number of H-pyrrole nitrogens is 1. The molecule has 1 aromatic heterocycles. The predicted molar refractivity (Wildman–Crippen MR) is 84.8 cm³/mol. The lowest BCUT2D eigenvalue weighted by Crippen LogP contribution is -2.42. The van der Waals surface area contributed by atoms with Gasteiger partial charge >= 0.3 is 0 Å². The number of hydrogen-bond donors (Lipinski definition) is 3. The van der Waals surface area contributed by atoms with Crippen LogP contribution in [0.2, 0.25) is 0 Å². The monoisotopic (exact) mass is 303 g/mol. The summed E-state index contributed by atoms with van der Waals surface area (Å²) in [6.07, 6.45) is 0.598. The fraction of sp³-hybridized carbons (Fsp3) is 0.438. The van der Waals surface area contributed by atoms with Crippen molar-refractivity contribution >= 4 is 16.8 Å². The van der Waals surface area contributed by atoms with E-state index < -0.39 is 17.4 Å². The van der Waals surface area contributed by atoms with Gasteiger partial charge in [-0.2, -0.15) is 5.10 Å². The highest BCUT2D eigenvalue weighted by Gasteiger charge is 2.22. The van der Waals surface area contributed by atoms with Crippen LogP contribution in [0.5, 0.6) is 0 Å². The molecule has 0 fully saturated rings. The van der Waals surface area contributed by atoms with Crippen molar-refractivity contribution in [3.05, 3.63) is 40.2 Å². The third-order valence-electron chi connectivity index (χ3n) is 3.30. The Balaban J connectivity index is 2.26. The maximum atomic E-state index is 12.3. The van der Waals surface area contributed by atoms with Gasteiger partial charge in [0.15, 0.2) is 5.69 Å². The van der Waals surface area contributed by atoms with Crippen LogP contribution in [0, 0.1) is 5.41 Å². The lowest BCUT2D eigenvalue weighted by Gasteiger charge is -2.25. The predicted octanol–water partition coefficient (Wildman–Crippen LogP) is 1.45. The zero-order chi connectivity index (χ0) is 16.3. The first-order valence-electron chi connectivity index (χ1n) is 7.21. The molecule has 3 N–H and O–H groups in total. The van der Waals surface area contributed by atoms with Gasteiger partial charge in [-0.05, 0) is 24.0 Å². The maximum absolute atomic E-state index is 12.3. The molecule has 0 radical (unpaired) electrons. The summed E-state index contributed by atoms with van der Waals surface area (Å²) in [4.78, 5) is 24.6. The average Bonchev–Trinajstić information content (AvgIpc) is 2.45. The van der Waals surface area contributed by atoms with Crippen molar-refractivity contribution in [1.82, 2.24) is 15.5 Å². The van der Waals surface area contributed by atoms with E-state index >= 15 is 0 Å². The molecule has 0 aliphatic carbocycles. The van der Waals surface area contributed by atoms with Gasteiger partial charge in [0.25, 0.3) is 5.91 Å². The Morgan fingerprint density at radius 3 is 2.68 bits per heavy atom. The van der Waals surface area contributed by atoms with Gasteiger partial charge in [-0.3, -0.25) is 14.7 Å². The van der Waals surface area contributed by atoms with Crippen LogP contribution < -0.4 is 10.7 Å². The van der Waals surface area contributed by atoms with Gasteiger partial charge in [0, 0.05) is 5.39 Å². The molecule has 1 atom stereocenters. The van der Waals surface area contributed by atoms with E-state index in [1.54, 1.807) is 24.3 Å². The Bertz CT molecular complexity index is 731. The molecular weight excluding hydrogens is 282 g/mol. The number of benzene rings is 1. The number of carbonyl (C=O) groups excluding carboxylic acids is 1. The van der Waals surface area contributed by atoms with Gasteiger partial charge in [-0.25, -0.2) is 0 Å². The number of aromatic amines is 1. The smallest absolute Gasteiger partial charge is 0.276 e. The molecule has 6 heteroatoms. The Labute approximate surface area is 128 Å². The number of amides is 1. The van der Waals surface area contributed by atoms with E-state index in [1.807, 2.05) is 20.8 Å². The van der Waals surface area contributed by atoms with Crippen molar-refractivity contribution in [2.45, 2.75) is 33.2 Å². The molecule has 0 saturated carbocycles. The first-order valence-corrected chi connectivity index (χ1v) is 7.21. The topological polar surface area (TPSA) is 95.1 Å². The summed E-state index contributed by atoms with van der Waals surface area (Å²) >= 11 is 0. The number of rotatable bonds is 4. The summed E-state index contributed by atoms with van der Waals surface area (Å²) < 4.78 is 0. The van der Waals surface area contributed by atoms with Crippen LogP contribution in [0.25, 0.3) is 10.9 Å². The second kappa shape index (κ2) is 6.27. The minimum absolute atomic E-state index is 0.0517. The normalized spacial score (nSPS) is 13.1. The standard InChI is InChI=1S/C16H21N3O3/c1-16(2,3)8-10(9-20)17-15(22)13-14(21)11-6-4-5-7-12(11)18-19-13/h4-7,10,20H,8-9H2,1-3H3,(H,17,22)(H,18,21). The Hall–Kier alpha value is -2.21. The zero-order valence-electron chi connectivity index (χ0n) is 13.0. The molecule has 1 unspecified atom stereocenters. The number of nitrogens with one attached hydrogen (secondary N) is 2. The number of hydrogen-bond acceptors (Lipinski definition) is 4. The van der Waals surface area contributed by atoms with Gasteiger partial charge in [0.05, 0.1) is 18.2 Å². The quantitative estimate of drug-likeness (QED) is 0.796. The van der Waals surface area contributed by atoms with Crippen molar-refractivity contribution in [2.24, 2.45) is 5.41 Å². The van der Waals surface area contributed by atoms with E-state index in [2.05, 4.69) is 15.5 Å². The molecule has 0 aliphatic heterocycles. The van der Waals surface area contributed by atoms with Crippen LogP contribution in [0.15, 0.2) is 29.1 Å². The first kappa shape index (κ1) is 16.2. The van der Waals surface area contributed by atoms with Crippen LogP contribution >= 0.6 is 0 Å². The highest BCUT2D eigenvalue weighted by Crippen LogP contribution is 2.20. The second-order valence-electron chi connectivity index (χ2n) is 6.56. The Morgan fingerprint density at radius 1 is 1.36 bits per heavy atom. The third-order valence-corrected chi connectivity index (χ3v) is 3.30. The highest BCUT2D eigenvalue weighted by molar-refractivity contribution is 5.95. The fourth-order valence-corrected chi connectivity index (χ4v) is 2.38. The summed E-state index contributed by atoms with van der Waals surface area (Å²) in [5, 5.41) is 19.1. The molecule has 118 valence electrons. The fourth-order valence-electron chi connectivity index (χ4n) is 2.38. The molecule has 0 aliphatic rings. The number of nitrogens with zero attached hydrogens (tertiary/aromatic N) is 1. The van der Waals surface area contributed by atoms with E-state index in [0.717, 1.165) is 0 Å². The van der Waals surface area contributed by atoms with Crippen LogP contribution in [0.4, 0.5) is 0 Å². The van der Waals surface area contributed by atoms with E-state index in [1.165, 1.54) is 0 Å². The number of para-hydroxylation sites is 1. The summed E-state index contributed by atoms with van der Waals surface area (Å²) in [5.41, 5.74) is -0.0769. The molecule has 1 aromatic carbocycles. The first-order chi connectivity index (χ1) is 10.3. The zero-order valence-corrected chi connectivity index (χ0v) is 13.0. The summed E-state index contributed by atoms with van der Waals surface area (Å²) in [7, 11) is 0. The molecule has 6 nitrogen and oxygen atoms in total. The van der Waals surface area contributed by atoms with E-state index in [0.29, 0.717) is 17.3 Å². The molecule has 1 amide bonds. The van der Waals surface area contributed by atoms with Gasteiger partial charge in [0.2, 0.25) is 5.43 Å². The van der Waals surface area contributed by atoms with E-state index in [4.69, 9.17) is 0 Å². The molecule has 0 bridgehead atoms. The molecule has 0 spiro atoms. The largest absolute Gasteiger partial charge is 0.394 e. The van der Waals surface area contributed by atoms with Crippen molar-refractivity contribution in [3.63, 3.8) is 0 Å². The minimum atomic E-state index is -0.574. The van der Waals surface area contributed by atoms with Gasteiger partial charge in [0.1, 0.15) is 0 Å². The summed E-state index contributed by atoms with van der Waals surface area (Å²) in [6.45, 7) is 5.86. The summed E-state index contributed by atoms with van der Waals surface area (Å²) in [6, 6.07) is 6.47. The number of fused-ring (bicyclic) bond motifs is 1. The van der Waals surface area contributed by atoms with Gasteiger partial charge < -0.3 is 10.4 Å². The highest BCUT2D eigenvalue weighted by atomic mass is 16.3. The lowest BCUT2D eigenvalue weighted by molar-refractivity contribution is 0.0890. The maximum Gasteiger partial charge on any atom is 0.276 e. The molecular formula is C16H21N3O3. The molecule has 0 saturated heterocycles. The van der Waals surface area contributed by atoms with Crippen molar-refractivity contribution in [3.8, 4) is 0 Å². The second-order valence-corrected chi connectivity index (χ2v) is 6.56. The van der Waals surface area contributed by atoms with E-state index in [9.17, 15) is 14.7 Å². The average molecular weight is 303 g/mol. The van der Waals surface area contributed by atoms with Crippen LogP contribution in [-0.4, -0.2) is 33.9 Å². The molecule has 2 aromatic rings. The van der Waals surface area contributed by atoms with E-state index in [-0.39, 0.29) is 17.7 Å². The number of carbonyl (C=O) groups is 1. The van der Waals surface area contributed by atoms with Crippen molar-refractivity contribution < 1.29 is 9.90 Å². The van der Waals surface area contributed by atoms with Crippen LogP contribution in [0.1, 0.15) is 37.7 Å². The van der Waals surface area contributed by atoms with Gasteiger partial charge in [-0.1, -0.05) is 32.9 Å². The molecule has 2 rings (SSSR count). The molecule has 1 heterocycles. The van der Waals surface area contributed by atoms with Gasteiger partial charge in [-0.15, -0.1) is 0 Å². The Morgan fingerprint density at radius 2 is 2.05 bits per heavy atom. The van der Waals surface area contributed by atoms with Crippen LogP contribution in [0.3, 0.4) is 0 Å². The third kappa shape index (κ3) is 3.71. The Kier molecular flexibility index (Phi) is 4.61. The molecule has 22 heavy (non-hydrogen) atoms. The lowest BCUT2D eigenvalue weighted by atomic mass is 9.88.